The highest BCUT2D eigenvalue weighted by molar-refractivity contribution is 7.95. The number of nitrogens with two attached hydrogens (primary N) is 1. The minimum Gasteiger partial charge on any atom is -0.403 e. The molecule has 0 amide bonds. The fourth-order valence-corrected chi connectivity index (χ4v) is 1.80. The summed E-state index contributed by atoms with van der Waals surface area (Å²) in [6.45, 7) is 0. The number of allylic oxidation sites excluding steroid dienone is 1. The first kappa shape index (κ1) is 11.5. The van der Waals surface area contributed by atoms with Crippen molar-refractivity contribution in [3.8, 4) is 0 Å². The molecule has 0 fully saturated rings. The topological polar surface area (TPSA) is 77.2 Å². The monoisotopic (exact) mass is 225 g/mol. The lowest BCUT2D eigenvalue weighted by molar-refractivity contribution is 0.104. The zero-order chi connectivity index (χ0) is 11.5. The van der Waals surface area contributed by atoms with E-state index in [-0.39, 0.29) is 4.91 Å². The van der Waals surface area contributed by atoms with Gasteiger partial charge in [0, 0.05) is 18.0 Å². The summed E-state index contributed by atoms with van der Waals surface area (Å²) in [6.07, 6.45) is 1.78. The van der Waals surface area contributed by atoms with Gasteiger partial charge in [-0.25, -0.2) is 8.42 Å². The second-order valence-electron chi connectivity index (χ2n) is 3.00. The van der Waals surface area contributed by atoms with Crippen LogP contribution in [0.4, 0.5) is 0 Å². The summed E-state index contributed by atoms with van der Waals surface area (Å²) in [5.41, 5.74) is 5.44. The van der Waals surface area contributed by atoms with Crippen molar-refractivity contribution in [2.75, 3.05) is 6.26 Å². The first-order chi connectivity index (χ1) is 6.96. The summed E-state index contributed by atoms with van der Waals surface area (Å²) < 4.78 is 22.4. The van der Waals surface area contributed by atoms with E-state index in [1.807, 2.05) is 0 Å². The average molecular weight is 225 g/mol. The predicted molar refractivity (Wildman–Crippen MR) is 57.9 cm³/mol. The van der Waals surface area contributed by atoms with E-state index in [1.54, 1.807) is 18.2 Å². The number of hydrogen-bond donors (Lipinski definition) is 1. The third-order valence-corrected chi connectivity index (χ3v) is 2.93. The highest BCUT2D eigenvalue weighted by Gasteiger charge is 2.20. The molecule has 1 rings (SSSR count). The summed E-state index contributed by atoms with van der Waals surface area (Å²) in [6, 6.07) is 8.13. The van der Waals surface area contributed by atoms with Crippen LogP contribution in [0.3, 0.4) is 0 Å². The Balaban J connectivity index is 3.17. The lowest BCUT2D eigenvalue weighted by Gasteiger charge is -2.02. The lowest BCUT2D eigenvalue weighted by atomic mass is 10.1. The van der Waals surface area contributed by atoms with E-state index < -0.39 is 15.6 Å². The van der Waals surface area contributed by atoms with Crippen LogP contribution in [-0.2, 0) is 9.84 Å². The summed E-state index contributed by atoms with van der Waals surface area (Å²) in [7, 11) is -3.58. The van der Waals surface area contributed by atoms with E-state index in [0.29, 0.717) is 5.56 Å². The van der Waals surface area contributed by atoms with Gasteiger partial charge in [-0.3, -0.25) is 4.79 Å². The fourth-order valence-electron chi connectivity index (χ4n) is 1.10. The van der Waals surface area contributed by atoms with Crippen LogP contribution < -0.4 is 5.73 Å². The Bertz CT molecular complexity index is 489. The molecule has 1 aromatic carbocycles. The summed E-state index contributed by atoms with van der Waals surface area (Å²) in [4.78, 5) is 11.3. The Morgan fingerprint density at radius 1 is 1.27 bits per heavy atom. The molecule has 0 unspecified atom stereocenters. The van der Waals surface area contributed by atoms with Gasteiger partial charge >= 0.3 is 0 Å². The van der Waals surface area contributed by atoms with Gasteiger partial charge in [0.1, 0.15) is 4.91 Å². The van der Waals surface area contributed by atoms with Crippen molar-refractivity contribution in [3.05, 3.63) is 47.0 Å². The molecular formula is C10H11NO3S. The number of carbonyl (C=O) groups excluding carboxylic acids is 1. The van der Waals surface area contributed by atoms with Crippen molar-refractivity contribution >= 4 is 15.6 Å². The van der Waals surface area contributed by atoms with Crippen molar-refractivity contribution in [1.82, 2.24) is 0 Å². The van der Waals surface area contributed by atoms with E-state index in [4.69, 9.17) is 5.73 Å². The molecule has 0 heterocycles. The number of benzene rings is 1. The van der Waals surface area contributed by atoms with Crippen LogP contribution in [-0.4, -0.2) is 20.5 Å². The van der Waals surface area contributed by atoms with Crippen LogP contribution in [0.15, 0.2) is 41.4 Å². The minimum absolute atomic E-state index is 0.305. The normalized spacial score (nSPS) is 12.5. The molecule has 80 valence electrons. The van der Waals surface area contributed by atoms with Crippen molar-refractivity contribution in [1.29, 1.82) is 0 Å². The maximum Gasteiger partial charge on any atom is 0.205 e. The van der Waals surface area contributed by atoms with E-state index in [1.165, 1.54) is 12.1 Å². The molecule has 2 N–H and O–H groups in total. The Kier molecular flexibility index (Phi) is 3.26. The van der Waals surface area contributed by atoms with Gasteiger partial charge in [-0.2, -0.15) is 0 Å². The molecular weight excluding hydrogens is 214 g/mol. The average Bonchev–Trinajstić information content (AvgIpc) is 2.18. The fraction of sp³-hybridized carbons (Fsp3) is 0.100. The van der Waals surface area contributed by atoms with Crippen LogP contribution in [0.1, 0.15) is 10.4 Å². The Hall–Kier alpha value is -1.62. The van der Waals surface area contributed by atoms with E-state index in [9.17, 15) is 13.2 Å². The van der Waals surface area contributed by atoms with Gasteiger partial charge in [0.2, 0.25) is 5.78 Å². The molecule has 0 aliphatic rings. The van der Waals surface area contributed by atoms with Crippen molar-refractivity contribution in [2.45, 2.75) is 0 Å². The zero-order valence-corrected chi connectivity index (χ0v) is 8.99. The first-order valence-corrected chi connectivity index (χ1v) is 6.07. The summed E-state index contributed by atoms with van der Waals surface area (Å²) >= 11 is 0. The van der Waals surface area contributed by atoms with E-state index in [0.717, 1.165) is 12.5 Å². The van der Waals surface area contributed by atoms with E-state index in [2.05, 4.69) is 0 Å². The minimum atomic E-state index is -3.58. The maximum atomic E-state index is 11.7. The summed E-state index contributed by atoms with van der Waals surface area (Å²) in [5, 5.41) is 0. The van der Waals surface area contributed by atoms with Crippen LogP contribution in [0.25, 0.3) is 0 Å². The Morgan fingerprint density at radius 2 is 1.80 bits per heavy atom. The van der Waals surface area contributed by atoms with Crippen LogP contribution in [0.2, 0.25) is 0 Å². The van der Waals surface area contributed by atoms with Gasteiger partial charge < -0.3 is 5.73 Å². The highest BCUT2D eigenvalue weighted by Crippen LogP contribution is 2.12. The molecule has 0 saturated heterocycles. The maximum absolute atomic E-state index is 11.7. The molecule has 15 heavy (non-hydrogen) atoms. The second kappa shape index (κ2) is 4.27. The molecule has 0 radical (unpaired) electrons. The van der Waals surface area contributed by atoms with Crippen molar-refractivity contribution in [3.63, 3.8) is 0 Å². The number of hydrogen-bond acceptors (Lipinski definition) is 4. The number of sulfone groups is 1. The molecule has 0 bridgehead atoms. The smallest absolute Gasteiger partial charge is 0.205 e. The standard InChI is InChI=1S/C10H11NO3S/c1-15(13,14)9(7-11)10(12)8-5-3-2-4-6-8/h2-7H,11H2,1H3/b9-7-. The largest absolute Gasteiger partial charge is 0.403 e. The van der Waals surface area contributed by atoms with Crippen molar-refractivity contribution in [2.24, 2.45) is 5.73 Å². The van der Waals surface area contributed by atoms with Crippen LogP contribution in [0, 0.1) is 0 Å². The molecule has 0 aliphatic heterocycles. The van der Waals surface area contributed by atoms with E-state index >= 15 is 0 Å². The number of Topliss-reactive ketones (excluding diaryl/α,β-unsaturated/α-hetero) is 1. The summed E-state index contributed by atoms with van der Waals surface area (Å²) in [5.74, 6) is -0.583. The van der Waals surface area contributed by atoms with Gasteiger partial charge in [-0.05, 0) is 0 Å². The highest BCUT2D eigenvalue weighted by atomic mass is 32.2. The second-order valence-corrected chi connectivity index (χ2v) is 4.98. The van der Waals surface area contributed by atoms with Crippen LogP contribution in [0.5, 0.6) is 0 Å². The molecule has 0 aromatic heterocycles. The Morgan fingerprint density at radius 3 is 2.20 bits per heavy atom. The molecule has 0 saturated carbocycles. The third kappa shape index (κ3) is 2.66. The lowest BCUT2D eigenvalue weighted by Crippen LogP contribution is -2.14. The molecule has 0 atom stereocenters. The van der Waals surface area contributed by atoms with Crippen molar-refractivity contribution < 1.29 is 13.2 Å². The number of rotatable bonds is 3. The zero-order valence-electron chi connectivity index (χ0n) is 8.17. The van der Waals surface area contributed by atoms with Gasteiger partial charge in [0.15, 0.2) is 9.84 Å². The molecule has 1 aromatic rings. The van der Waals surface area contributed by atoms with Crippen LogP contribution >= 0.6 is 0 Å². The molecule has 0 aliphatic carbocycles. The first-order valence-electron chi connectivity index (χ1n) is 4.18. The number of carbonyl (C=O) groups is 1. The third-order valence-electron chi connectivity index (χ3n) is 1.81. The number of ketones is 1. The quantitative estimate of drug-likeness (QED) is 0.607. The molecule has 4 nitrogen and oxygen atoms in total. The van der Waals surface area contributed by atoms with Gasteiger partial charge in [-0.1, -0.05) is 30.3 Å². The van der Waals surface area contributed by atoms with Gasteiger partial charge in [0.05, 0.1) is 0 Å². The van der Waals surface area contributed by atoms with Gasteiger partial charge in [-0.15, -0.1) is 0 Å². The Labute approximate surface area is 88.3 Å². The predicted octanol–water partition coefficient (Wildman–Crippen LogP) is 0.714. The van der Waals surface area contributed by atoms with Gasteiger partial charge in [0.25, 0.3) is 0 Å². The SMILES string of the molecule is CS(=O)(=O)/C(=C\N)C(=O)c1ccccc1. The molecule has 0 spiro atoms. The molecule has 5 heteroatoms.